The second-order valence-corrected chi connectivity index (χ2v) is 9.20. The van der Waals surface area contributed by atoms with Crippen LogP contribution in [0.1, 0.15) is 59.2 Å². The fourth-order valence-corrected chi connectivity index (χ4v) is 4.64. The molecule has 1 aromatic heterocycles. The van der Waals surface area contributed by atoms with E-state index < -0.39 is 29.4 Å². The Balaban J connectivity index is 1.62. The van der Waals surface area contributed by atoms with Crippen LogP contribution in [-0.4, -0.2) is 79.8 Å². The molecule has 2 amide bonds. The number of aromatic nitrogens is 2. The lowest BCUT2D eigenvalue weighted by Gasteiger charge is -2.54. The van der Waals surface area contributed by atoms with Crippen molar-refractivity contribution in [1.29, 1.82) is 0 Å². The van der Waals surface area contributed by atoms with Crippen LogP contribution in [0.25, 0.3) is 0 Å². The number of hydrogen-bond donors (Lipinski definition) is 2. The molecule has 0 aromatic carbocycles. The minimum Gasteiger partial charge on any atom is -0.443 e. The number of hydrogen-bond acceptors (Lipinski definition) is 7. The molecule has 1 aromatic rings. The fraction of sp³-hybridized carbons (Fsp3) is 0.727. The molecule has 0 bridgehead atoms. The van der Waals surface area contributed by atoms with E-state index in [1.165, 1.54) is 0 Å². The van der Waals surface area contributed by atoms with Gasteiger partial charge in [0.25, 0.3) is 5.91 Å². The van der Waals surface area contributed by atoms with Gasteiger partial charge in [-0.1, -0.05) is 13.3 Å². The molecule has 0 aliphatic carbocycles. The van der Waals surface area contributed by atoms with E-state index in [1.54, 1.807) is 35.2 Å². The number of nitrogens with one attached hydrogen (secondary N) is 1. The van der Waals surface area contributed by atoms with Crippen molar-refractivity contribution in [3.05, 3.63) is 24.3 Å². The molecular formula is C22H35N5O4. The Bertz CT molecular complexity index is 772. The van der Waals surface area contributed by atoms with Gasteiger partial charge in [-0.05, 0) is 46.1 Å². The molecule has 31 heavy (non-hydrogen) atoms. The third-order valence-electron chi connectivity index (χ3n) is 6.23. The van der Waals surface area contributed by atoms with Gasteiger partial charge in [0.05, 0.1) is 25.2 Å². The Hall–Kier alpha value is -2.26. The average molecular weight is 434 g/mol. The molecule has 1 unspecified atom stereocenters. The largest absolute Gasteiger partial charge is 0.443 e. The van der Waals surface area contributed by atoms with Crippen molar-refractivity contribution in [3.63, 3.8) is 0 Å². The molecule has 9 heteroatoms. The molecule has 0 saturated carbocycles. The number of aliphatic hydroxyl groups excluding tert-OH is 1. The Morgan fingerprint density at radius 1 is 1.39 bits per heavy atom. The number of β-lactam (4-membered cyclic amide) rings is 1. The summed E-state index contributed by atoms with van der Waals surface area (Å²) in [6.45, 7) is 9.31. The summed E-state index contributed by atoms with van der Waals surface area (Å²) >= 11 is 0. The molecule has 2 aliphatic heterocycles. The summed E-state index contributed by atoms with van der Waals surface area (Å²) in [7, 11) is 0. The zero-order chi connectivity index (χ0) is 22.6. The lowest BCUT2D eigenvalue weighted by molar-refractivity contribution is -0.168. The van der Waals surface area contributed by atoms with Crippen molar-refractivity contribution >= 4 is 12.0 Å². The van der Waals surface area contributed by atoms with Gasteiger partial charge in [-0.25, -0.2) is 14.8 Å². The van der Waals surface area contributed by atoms with Crippen LogP contribution in [-0.2, 0) is 16.1 Å². The standard InChI is InChI=1S/C22H35N5O4/c1-5-8-21(3,4)31-20(30)27-12-6-9-22(27)15-26(19(22)29)17(16(2)28)13-23-14-18-24-10-7-11-25-18/h7,10-11,16-17,23,28H,5-6,8-9,12-15H2,1-4H3/t16-,17-,22?/m1/s1. The maximum atomic E-state index is 13.3. The Morgan fingerprint density at radius 3 is 2.71 bits per heavy atom. The molecule has 3 atom stereocenters. The molecule has 3 rings (SSSR count). The summed E-state index contributed by atoms with van der Waals surface area (Å²) in [5, 5.41) is 13.5. The molecule has 2 fully saturated rings. The predicted molar refractivity (Wildman–Crippen MR) is 115 cm³/mol. The van der Waals surface area contributed by atoms with Gasteiger partial charge in [-0.3, -0.25) is 9.69 Å². The van der Waals surface area contributed by atoms with Crippen molar-refractivity contribution in [2.45, 2.75) is 83.2 Å². The zero-order valence-electron chi connectivity index (χ0n) is 19.0. The monoisotopic (exact) mass is 433 g/mol. The third kappa shape index (κ3) is 4.98. The molecule has 9 nitrogen and oxygen atoms in total. The Kier molecular flexibility index (Phi) is 7.16. The van der Waals surface area contributed by atoms with Crippen LogP contribution in [0.3, 0.4) is 0 Å². The molecule has 172 valence electrons. The van der Waals surface area contributed by atoms with Gasteiger partial charge in [0, 0.05) is 25.5 Å². The van der Waals surface area contributed by atoms with Crippen LogP contribution in [0.4, 0.5) is 4.79 Å². The number of likely N-dealkylation sites (tertiary alicyclic amines) is 2. The lowest BCUT2D eigenvalue weighted by Crippen LogP contribution is -2.76. The fourth-order valence-electron chi connectivity index (χ4n) is 4.64. The highest BCUT2D eigenvalue weighted by molar-refractivity contribution is 5.96. The summed E-state index contributed by atoms with van der Waals surface area (Å²) in [4.78, 5) is 37.8. The number of aliphatic hydroxyl groups is 1. The number of amides is 2. The topological polar surface area (TPSA) is 108 Å². The van der Waals surface area contributed by atoms with Gasteiger partial charge in [0.1, 0.15) is 17.0 Å². The summed E-state index contributed by atoms with van der Waals surface area (Å²) in [5.74, 6) is 0.538. The van der Waals surface area contributed by atoms with Crippen molar-refractivity contribution in [2.24, 2.45) is 0 Å². The molecule has 1 spiro atoms. The van der Waals surface area contributed by atoms with Crippen LogP contribution in [0.2, 0.25) is 0 Å². The average Bonchev–Trinajstić information content (AvgIpc) is 3.17. The second-order valence-electron chi connectivity index (χ2n) is 9.20. The van der Waals surface area contributed by atoms with Crippen LogP contribution in [0.5, 0.6) is 0 Å². The van der Waals surface area contributed by atoms with Gasteiger partial charge in [0.2, 0.25) is 0 Å². The first kappa shape index (κ1) is 23.4. The van der Waals surface area contributed by atoms with Crippen LogP contribution in [0.15, 0.2) is 18.5 Å². The summed E-state index contributed by atoms with van der Waals surface area (Å²) in [5.41, 5.74) is -1.40. The van der Waals surface area contributed by atoms with Gasteiger partial charge in [-0.15, -0.1) is 0 Å². The highest BCUT2D eigenvalue weighted by Crippen LogP contribution is 2.41. The maximum absolute atomic E-state index is 13.3. The molecule has 2 aliphatic rings. The SMILES string of the molecule is CCCC(C)(C)OC(=O)N1CCCC12CN([C@H](CNCc1ncccn1)[C@@H](C)O)C2=O. The first-order valence-electron chi connectivity index (χ1n) is 11.2. The second kappa shape index (κ2) is 9.48. The van der Waals surface area contributed by atoms with Crippen LogP contribution < -0.4 is 5.32 Å². The highest BCUT2D eigenvalue weighted by Gasteiger charge is 2.62. The van der Waals surface area contributed by atoms with E-state index in [0.29, 0.717) is 38.4 Å². The summed E-state index contributed by atoms with van der Waals surface area (Å²) < 4.78 is 5.74. The molecular weight excluding hydrogens is 398 g/mol. The predicted octanol–water partition coefficient (Wildman–Crippen LogP) is 1.71. The highest BCUT2D eigenvalue weighted by atomic mass is 16.6. The minimum absolute atomic E-state index is 0.112. The normalized spacial score (nSPS) is 23.1. The first-order chi connectivity index (χ1) is 14.7. The van der Waals surface area contributed by atoms with E-state index in [9.17, 15) is 14.7 Å². The van der Waals surface area contributed by atoms with E-state index in [0.717, 1.165) is 19.3 Å². The van der Waals surface area contributed by atoms with Crippen molar-refractivity contribution in [3.8, 4) is 0 Å². The summed E-state index contributed by atoms with van der Waals surface area (Å²) in [6.07, 6.45) is 5.29. The van der Waals surface area contributed by atoms with Gasteiger partial charge in [-0.2, -0.15) is 0 Å². The van der Waals surface area contributed by atoms with Crippen LogP contribution >= 0.6 is 0 Å². The summed E-state index contributed by atoms with van der Waals surface area (Å²) in [6, 6.07) is 1.36. The van der Waals surface area contributed by atoms with Crippen molar-refractivity contribution < 1.29 is 19.4 Å². The van der Waals surface area contributed by atoms with E-state index in [4.69, 9.17) is 4.74 Å². The van der Waals surface area contributed by atoms with Crippen LogP contribution in [0, 0.1) is 0 Å². The first-order valence-corrected chi connectivity index (χ1v) is 11.2. The van der Waals surface area contributed by atoms with E-state index in [1.807, 2.05) is 13.8 Å². The van der Waals surface area contributed by atoms with Crippen molar-refractivity contribution in [1.82, 2.24) is 25.1 Å². The number of nitrogens with zero attached hydrogens (tertiary/aromatic N) is 4. The van der Waals surface area contributed by atoms with E-state index in [2.05, 4.69) is 22.2 Å². The number of carbonyl (C=O) groups excluding carboxylic acids is 2. The smallest absolute Gasteiger partial charge is 0.411 e. The Morgan fingerprint density at radius 2 is 2.10 bits per heavy atom. The molecule has 2 saturated heterocycles. The minimum atomic E-state index is -0.838. The van der Waals surface area contributed by atoms with Gasteiger partial charge >= 0.3 is 6.09 Å². The van der Waals surface area contributed by atoms with Gasteiger partial charge in [0.15, 0.2) is 0 Å². The Labute approximate surface area is 184 Å². The van der Waals surface area contributed by atoms with E-state index in [-0.39, 0.29) is 5.91 Å². The lowest BCUT2D eigenvalue weighted by atomic mass is 9.83. The third-order valence-corrected chi connectivity index (χ3v) is 6.23. The number of ether oxygens (including phenoxy) is 1. The molecule has 2 N–H and O–H groups in total. The van der Waals surface area contributed by atoms with E-state index >= 15 is 0 Å². The van der Waals surface area contributed by atoms with Gasteiger partial charge < -0.3 is 20.1 Å². The number of carbonyl (C=O) groups is 2. The number of rotatable bonds is 9. The zero-order valence-corrected chi connectivity index (χ0v) is 19.0. The molecule has 3 heterocycles. The maximum Gasteiger partial charge on any atom is 0.411 e. The molecule has 0 radical (unpaired) electrons. The van der Waals surface area contributed by atoms with Crippen molar-refractivity contribution in [2.75, 3.05) is 19.6 Å². The quantitative estimate of drug-likeness (QED) is 0.571.